The van der Waals surface area contributed by atoms with Gasteiger partial charge >= 0.3 is 5.97 Å². The van der Waals surface area contributed by atoms with Gasteiger partial charge in [-0.25, -0.2) is 4.79 Å². The van der Waals surface area contributed by atoms with E-state index in [2.05, 4.69) is 0 Å². The van der Waals surface area contributed by atoms with Gasteiger partial charge in [-0.3, -0.25) is 0 Å². The first kappa shape index (κ1) is 7.91. The van der Waals surface area contributed by atoms with Gasteiger partial charge in [0.25, 0.3) is 0 Å². The first-order chi connectivity index (χ1) is 6.16. The van der Waals surface area contributed by atoms with Crippen LogP contribution in [-0.4, -0.2) is 17.4 Å². The number of rotatable bonds is 1. The van der Waals surface area contributed by atoms with Gasteiger partial charge in [-0.15, -0.1) is 0 Å². The molecule has 1 atom stereocenters. The van der Waals surface area contributed by atoms with Crippen molar-refractivity contribution >= 4 is 5.97 Å². The SMILES string of the molecule is CC1Oc2ccc(C(=O)O)cc2O1. The first-order valence-electron chi connectivity index (χ1n) is 3.87. The van der Waals surface area contributed by atoms with Crippen LogP contribution < -0.4 is 9.47 Å². The third-order valence-electron chi connectivity index (χ3n) is 1.78. The number of fused-ring (bicyclic) bond motifs is 1. The van der Waals surface area contributed by atoms with Crippen LogP contribution in [0.2, 0.25) is 0 Å². The zero-order valence-corrected chi connectivity index (χ0v) is 6.98. The van der Waals surface area contributed by atoms with Gasteiger partial charge in [0.15, 0.2) is 11.5 Å². The molecule has 1 aliphatic rings. The minimum absolute atomic E-state index is 0.205. The summed E-state index contributed by atoms with van der Waals surface area (Å²) in [5.41, 5.74) is 0.205. The molecule has 1 heterocycles. The molecule has 4 heteroatoms. The Kier molecular flexibility index (Phi) is 1.62. The van der Waals surface area contributed by atoms with Gasteiger partial charge in [0, 0.05) is 6.92 Å². The van der Waals surface area contributed by atoms with Gasteiger partial charge in [-0.2, -0.15) is 0 Å². The summed E-state index contributed by atoms with van der Waals surface area (Å²) in [5.74, 6) is 0.121. The molecule has 0 amide bonds. The normalized spacial score (nSPS) is 18.7. The molecule has 1 unspecified atom stereocenters. The van der Waals surface area contributed by atoms with Gasteiger partial charge in [0.05, 0.1) is 5.56 Å². The van der Waals surface area contributed by atoms with Crippen LogP contribution in [0.4, 0.5) is 0 Å². The predicted molar refractivity (Wildman–Crippen MR) is 44.1 cm³/mol. The maximum atomic E-state index is 10.6. The van der Waals surface area contributed by atoms with E-state index in [0.717, 1.165) is 0 Å². The molecule has 1 aliphatic heterocycles. The Morgan fingerprint density at radius 3 is 2.77 bits per heavy atom. The standard InChI is InChI=1S/C9H8O4/c1-5-12-7-3-2-6(9(10)11)4-8(7)13-5/h2-5H,1H3,(H,10,11). The molecule has 0 aromatic heterocycles. The number of carboxylic acid groups (broad SMARTS) is 1. The molecular formula is C9H8O4. The Labute approximate surface area is 74.7 Å². The van der Waals surface area contributed by atoms with E-state index in [1.807, 2.05) is 0 Å². The molecule has 1 aromatic carbocycles. The molecule has 0 saturated heterocycles. The lowest BCUT2D eigenvalue weighted by atomic mass is 10.2. The highest BCUT2D eigenvalue weighted by molar-refractivity contribution is 5.88. The Morgan fingerprint density at radius 2 is 2.08 bits per heavy atom. The summed E-state index contributed by atoms with van der Waals surface area (Å²) in [4.78, 5) is 10.6. The Bertz CT molecular complexity index is 359. The number of carbonyl (C=O) groups is 1. The fourth-order valence-corrected chi connectivity index (χ4v) is 1.21. The van der Waals surface area contributed by atoms with Crippen molar-refractivity contribution in [2.24, 2.45) is 0 Å². The third-order valence-corrected chi connectivity index (χ3v) is 1.78. The molecule has 0 saturated carbocycles. The Hall–Kier alpha value is -1.71. The third kappa shape index (κ3) is 1.30. The van der Waals surface area contributed by atoms with E-state index < -0.39 is 5.97 Å². The highest BCUT2D eigenvalue weighted by Gasteiger charge is 2.21. The zero-order valence-electron chi connectivity index (χ0n) is 6.98. The van der Waals surface area contributed by atoms with Crippen LogP contribution in [0.3, 0.4) is 0 Å². The smallest absolute Gasteiger partial charge is 0.335 e. The summed E-state index contributed by atoms with van der Waals surface area (Å²) < 4.78 is 10.4. The summed E-state index contributed by atoms with van der Waals surface area (Å²) in [6.45, 7) is 1.75. The number of carboxylic acids is 1. The molecule has 0 fully saturated rings. The fourth-order valence-electron chi connectivity index (χ4n) is 1.21. The Morgan fingerprint density at radius 1 is 1.38 bits per heavy atom. The monoisotopic (exact) mass is 180 g/mol. The summed E-state index contributed by atoms with van der Waals surface area (Å²) in [6.07, 6.45) is -0.334. The number of aromatic carboxylic acids is 1. The first-order valence-corrected chi connectivity index (χ1v) is 3.87. The van der Waals surface area contributed by atoms with Crippen LogP contribution >= 0.6 is 0 Å². The van der Waals surface area contributed by atoms with Crippen molar-refractivity contribution in [3.63, 3.8) is 0 Å². The van der Waals surface area contributed by atoms with E-state index in [4.69, 9.17) is 14.6 Å². The second-order valence-corrected chi connectivity index (χ2v) is 2.77. The van der Waals surface area contributed by atoms with Crippen molar-refractivity contribution in [2.75, 3.05) is 0 Å². The quantitative estimate of drug-likeness (QED) is 0.711. The van der Waals surface area contributed by atoms with Gasteiger partial charge in [0.1, 0.15) is 0 Å². The fraction of sp³-hybridized carbons (Fsp3) is 0.222. The van der Waals surface area contributed by atoms with Gasteiger partial charge < -0.3 is 14.6 Å². The second kappa shape index (κ2) is 2.65. The molecule has 1 aromatic rings. The zero-order chi connectivity index (χ0) is 9.42. The van der Waals surface area contributed by atoms with E-state index in [1.165, 1.54) is 12.1 Å². The maximum Gasteiger partial charge on any atom is 0.335 e. The van der Waals surface area contributed by atoms with Crippen LogP contribution in [0.25, 0.3) is 0 Å². The largest absolute Gasteiger partial charge is 0.478 e. The average Bonchev–Trinajstić information content (AvgIpc) is 2.42. The lowest BCUT2D eigenvalue weighted by Gasteiger charge is -1.99. The van der Waals surface area contributed by atoms with Crippen LogP contribution in [0.15, 0.2) is 18.2 Å². The summed E-state index contributed by atoms with van der Waals surface area (Å²) in [5, 5.41) is 8.69. The van der Waals surface area contributed by atoms with Crippen LogP contribution in [0.5, 0.6) is 11.5 Å². The number of benzene rings is 1. The molecule has 0 radical (unpaired) electrons. The highest BCUT2D eigenvalue weighted by atomic mass is 16.7. The van der Waals surface area contributed by atoms with Crippen molar-refractivity contribution < 1.29 is 19.4 Å². The molecule has 2 rings (SSSR count). The summed E-state index contributed by atoms with van der Waals surface area (Å²) in [6, 6.07) is 4.55. The number of hydrogen-bond acceptors (Lipinski definition) is 3. The molecule has 0 bridgehead atoms. The van der Waals surface area contributed by atoms with Crippen molar-refractivity contribution in [1.82, 2.24) is 0 Å². The van der Waals surface area contributed by atoms with E-state index in [-0.39, 0.29) is 11.9 Å². The van der Waals surface area contributed by atoms with E-state index in [9.17, 15) is 4.79 Å². The van der Waals surface area contributed by atoms with E-state index >= 15 is 0 Å². The topological polar surface area (TPSA) is 55.8 Å². The van der Waals surface area contributed by atoms with Crippen molar-refractivity contribution in [2.45, 2.75) is 13.2 Å². The van der Waals surface area contributed by atoms with Gasteiger partial charge in [-0.05, 0) is 18.2 Å². The van der Waals surface area contributed by atoms with Crippen molar-refractivity contribution in [3.8, 4) is 11.5 Å². The average molecular weight is 180 g/mol. The minimum Gasteiger partial charge on any atom is -0.478 e. The molecule has 1 N–H and O–H groups in total. The second-order valence-electron chi connectivity index (χ2n) is 2.77. The lowest BCUT2D eigenvalue weighted by Crippen LogP contribution is -2.11. The van der Waals surface area contributed by atoms with Crippen molar-refractivity contribution in [3.05, 3.63) is 23.8 Å². The molecule has 0 spiro atoms. The van der Waals surface area contributed by atoms with E-state index in [1.54, 1.807) is 13.0 Å². The molecule has 68 valence electrons. The van der Waals surface area contributed by atoms with Crippen LogP contribution in [0.1, 0.15) is 17.3 Å². The van der Waals surface area contributed by atoms with E-state index in [0.29, 0.717) is 11.5 Å². The van der Waals surface area contributed by atoms with Gasteiger partial charge in [0.2, 0.25) is 6.29 Å². The van der Waals surface area contributed by atoms with Gasteiger partial charge in [-0.1, -0.05) is 0 Å². The highest BCUT2D eigenvalue weighted by Crippen LogP contribution is 2.34. The maximum absolute atomic E-state index is 10.6. The molecule has 0 aliphatic carbocycles. The summed E-state index contributed by atoms with van der Waals surface area (Å²) in [7, 11) is 0. The molecular weight excluding hydrogens is 172 g/mol. The molecule has 13 heavy (non-hydrogen) atoms. The molecule has 4 nitrogen and oxygen atoms in total. The Balaban J connectivity index is 2.40. The van der Waals surface area contributed by atoms with Crippen LogP contribution in [-0.2, 0) is 0 Å². The lowest BCUT2D eigenvalue weighted by molar-refractivity contribution is 0.0666. The summed E-state index contributed by atoms with van der Waals surface area (Å²) >= 11 is 0. The van der Waals surface area contributed by atoms with Crippen molar-refractivity contribution in [1.29, 1.82) is 0 Å². The number of ether oxygens (including phenoxy) is 2. The minimum atomic E-state index is -0.967. The predicted octanol–water partition coefficient (Wildman–Crippen LogP) is 1.50. The van der Waals surface area contributed by atoms with Crippen LogP contribution in [0, 0.1) is 0 Å². The number of hydrogen-bond donors (Lipinski definition) is 1.